The molecule has 0 fully saturated rings. The van der Waals surface area contributed by atoms with E-state index in [4.69, 9.17) is 0 Å². The van der Waals surface area contributed by atoms with E-state index in [1.54, 1.807) is 13.0 Å². The minimum atomic E-state index is -4.30. The van der Waals surface area contributed by atoms with Crippen LogP contribution in [0.5, 0.6) is 0 Å². The standard InChI is InChI=1S/C19H21F3/c1-12-6-7-14(18(3,4)5)11-17(12)16-9-8-15(10-13(16)2)19(20,21)22/h6-11H,1-5H3. The van der Waals surface area contributed by atoms with Crippen LogP contribution in [0.15, 0.2) is 36.4 Å². The molecule has 2 rings (SSSR count). The molecule has 0 radical (unpaired) electrons. The molecule has 0 amide bonds. The molecule has 2 aromatic rings. The van der Waals surface area contributed by atoms with Gasteiger partial charge in [-0.3, -0.25) is 0 Å². The number of hydrogen-bond acceptors (Lipinski definition) is 0. The lowest BCUT2D eigenvalue weighted by Gasteiger charge is -2.21. The lowest BCUT2D eigenvalue weighted by atomic mass is 9.83. The van der Waals surface area contributed by atoms with Crippen LogP contribution in [0.25, 0.3) is 11.1 Å². The van der Waals surface area contributed by atoms with Crippen molar-refractivity contribution < 1.29 is 13.2 Å². The van der Waals surface area contributed by atoms with Crippen molar-refractivity contribution >= 4 is 0 Å². The van der Waals surface area contributed by atoms with Gasteiger partial charge in [0, 0.05) is 0 Å². The first-order valence-electron chi connectivity index (χ1n) is 7.29. The molecule has 0 spiro atoms. The Kier molecular flexibility index (Phi) is 4.12. The topological polar surface area (TPSA) is 0 Å². The van der Waals surface area contributed by atoms with Gasteiger partial charge in [-0.25, -0.2) is 0 Å². The van der Waals surface area contributed by atoms with Gasteiger partial charge in [0.25, 0.3) is 0 Å². The Labute approximate surface area is 130 Å². The second-order valence-corrected chi connectivity index (χ2v) is 6.81. The van der Waals surface area contributed by atoms with Gasteiger partial charge in [-0.05, 0) is 59.2 Å². The molecule has 3 heteroatoms. The predicted octanol–water partition coefficient (Wildman–Crippen LogP) is 6.29. The summed E-state index contributed by atoms with van der Waals surface area (Å²) < 4.78 is 38.4. The minimum Gasteiger partial charge on any atom is -0.166 e. The first kappa shape index (κ1) is 16.6. The number of benzene rings is 2. The van der Waals surface area contributed by atoms with Crippen LogP contribution >= 0.6 is 0 Å². The molecule has 2 aromatic carbocycles. The van der Waals surface area contributed by atoms with Gasteiger partial charge in [0.15, 0.2) is 0 Å². The molecule has 0 aliphatic rings. The molecular weight excluding hydrogens is 285 g/mol. The molecule has 0 unspecified atom stereocenters. The zero-order chi connectivity index (χ0) is 16.7. The maximum atomic E-state index is 12.8. The Balaban J connectivity index is 2.57. The van der Waals surface area contributed by atoms with Crippen molar-refractivity contribution in [3.05, 3.63) is 58.7 Å². The van der Waals surface area contributed by atoms with E-state index in [-0.39, 0.29) is 5.41 Å². The Bertz CT molecular complexity index is 689. The van der Waals surface area contributed by atoms with Crippen molar-refractivity contribution in [2.75, 3.05) is 0 Å². The molecule has 0 nitrogen and oxygen atoms in total. The van der Waals surface area contributed by atoms with Gasteiger partial charge in [-0.15, -0.1) is 0 Å². The molecule has 0 aromatic heterocycles. The summed E-state index contributed by atoms with van der Waals surface area (Å²) in [4.78, 5) is 0. The number of halogens is 3. The summed E-state index contributed by atoms with van der Waals surface area (Å²) in [6.07, 6.45) is -4.30. The van der Waals surface area contributed by atoms with Crippen LogP contribution in [-0.2, 0) is 11.6 Å². The second kappa shape index (κ2) is 5.45. The molecule has 0 aliphatic heterocycles. The van der Waals surface area contributed by atoms with Crippen molar-refractivity contribution in [3.8, 4) is 11.1 Å². The molecule has 22 heavy (non-hydrogen) atoms. The van der Waals surface area contributed by atoms with Crippen LogP contribution in [-0.4, -0.2) is 0 Å². The van der Waals surface area contributed by atoms with E-state index in [0.29, 0.717) is 5.56 Å². The summed E-state index contributed by atoms with van der Waals surface area (Å²) in [5, 5.41) is 0. The van der Waals surface area contributed by atoms with E-state index in [2.05, 4.69) is 32.9 Å². The third kappa shape index (κ3) is 3.34. The van der Waals surface area contributed by atoms with Gasteiger partial charge in [0.1, 0.15) is 0 Å². The van der Waals surface area contributed by atoms with Crippen molar-refractivity contribution in [2.24, 2.45) is 0 Å². The first-order valence-corrected chi connectivity index (χ1v) is 7.29. The van der Waals surface area contributed by atoms with Crippen molar-refractivity contribution in [1.82, 2.24) is 0 Å². The number of rotatable bonds is 1. The van der Waals surface area contributed by atoms with E-state index < -0.39 is 11.7 Å². The predicted molar refractivity (Wildman–Crippen MR) is 85.1 cm³/mol. The summed E-state index contributed by atoms with van der Waals surface area (Å²) in [7, 11) is 0. The van der Waals surface area contributed by atoms with Crippen LogP contribution in [0, 0.1) is 13.8 Å². The summed E-state index contributed by atoms with van der Waals surface area (Å²) in [5.74, 6) is 0. The molecule has 0 aliphatic carbocycles. The normalized spacial score (nSPS) is 12.5. The number of alkyl halides is 3. The zero-order valence-corrected chi connectivity index (χ0v) is 13.6. The Morgan fingerprint density at radius 2 is 1.27 bits per heavy atom. The zero-order valence-electron chi connectivity index (χ0n) is 13.6. The molecular formula is C19H21F3. The first-order chi connectivity index (χ1) is 10.00. The fraction of sp³-hybridized carbons (Fsp3) is 0.368. The summed E-state index contributed by atoms with van der Waals surface area (Å²) in [6, 6.07) is 10.2. The number of aryl methyl sites for hydroxylation is 2. The minimum absolute atomic E-state index is 0.00225. The fourth-order valence-corrected chi connectivity index (χ4v) is 2.52. The summed E-state index contributed by atoms with van der Waals surface area (Å²) in [5.41, 5.74) is 4.14. The van der Waals surface area contributed by atoms with Crippen LogP contribution in [0.4, 0.5) is 13.2 Å². The molecule has 0 N–H and O–H groups in total. The number of hydrogen-bond donors (Lipinski definition) is 0. The van der Waals surface area contributed by atoms with Crippen molar-refractivity contribution in [3.63, 3.8) is 0 Å². The maximum Gasteiger partial charge on any atom is 0.416 e. The average Bonchev–Trinajstić information content (AvgIpc) is 2.37. The van der Waals surface area contributed by atoms with E-state index in [1.807, 2.05) is 13.0 Å². The van der Waals surface area contributed by atoms with Crippen LogP contribution < -0.4 is 0 Å². The van der Waals surface area contributed by atoms with Crippen molar-refractivity contribution in [2.45, 2.75) is 46.2 Å². The van der Waals surface area contributed by atoms with Gasteiger partial charge in [0.05, 0.1) is 5.56 Å². The average molecular weight is 306 g/mol. The monoisotopic (exact) mass is 306 g/mol. The van der Waals surface area contributed by atoms with E-state index >= 15 is 0 Å². The third-order valence-electron chi connectivity index (χ3n) is 3.95. The van der Waals surface area contributed by atoms with Crippen LogP contribution in [0.2, 0.25) is 0 Å². The van der Waals surface area contributed by atoms with Gasteiger partial charge >= 0.3 is 6.18 Å². The Morgan fingerprint density at radius 1 is 0.682 bits per heavy atom. The van der Waals surface area contributed by atoms with Gasteiger partial charge in [-0.2, -0.15) is 13.2 Å². The third-order valence-corrected chi connectivity index (χ3v) is 3.95. The summed E-state index contributed by atoms with van der Waals surface area (Å²) in [6.45, 7) is 10.1. The second-order valence-electron chi connectivity index (χ2n) is 6.81. The molecule has 0 saturated carbocycles. The van der Waals surface area contributed by atoms with E-state index in [9.17, 15) is 13.2 Å². The van der Waals surface area contributed by atoms with Crippen molar-refractivity contribution in [1.29, 1.82) is 0 Å². The highest BCUT2D eigenvalue weighted by Gasteiger charge is 2.30. The lowest BCUT2D eigenvalue weighted by Crippen LogP contribution is -2.11. The highest BCUT2D eigenvalue weighted by Crippen LogP contribution is 2.35. The SMILES string of the molecule is Cc1cc(C(F)(F)F)ccc1-c1cc(C(C)(C)C)ccc1C. The molecule has 0 atom stereocenters. The molecule has 118 valence electrons. The fourth-order valence-electron chi connectivity index (χ4n) is 2.52. The van der Waals surface area contributed by atoms with E-state index in [1.165, 1.54) is 11.6 Å². The highest BCUT2D eigenvalue weighted by molar-refractivity contribution is 5.71. The van der Waals surface area contributed by atoms with Crippen LogP contribution in [0.3, 0.4) is 0 Å². The maximum absolute atomic E-state index is 12.8. The van der Waals surface area contributed by atoms with Crippen LogP contribution in [0.1, 0.15) is 43.0 Å². The van der Waals surface area contributed by atoms with Gasteiger partial charge in [-0.1, -0.05) is 45.0 Å². The van der Waals surface area contributed by atoms with Gasteiger partial charge < -0.3 is 0 Å². The van der Waals surface area contributed by atoms with Gasteiger partial charge in [0.2, 0.25) is 0 Å². The largest absolute Gasteiger partial charge is 0.416 e. The smallest absolute Gasteiger partial charge is 0.166 e. The Hall–Kier alpha value is -1.77. The quantitative estimate of drug-likeness (QED) is 0.581. The molecule has 0 saturated heterocycles. The lowest BCUT2D eigenvalue weighted by molar-refractivity contribution is -0.137. The molecule has 0 heterocycles. The van der Waals surface area contributed by atoms with E-state index in [0.717, 1.165) is 22.8 Å². The Morgan fingerprint density at radius 3 is 1.77 bits per heavy atom. The summed E-state index contributed by atoms with van der Waals surface area (Å²) >= 11 is 0. The molecule has 0 bridgehead atoms. The highest BCUT2D eigenvalue weighted by atomic mass is 19.4.